The molecule has 1 rings (SSSR count). The summed E-state index contributed by atoms with van der Waals surface area (Å²) in [5, 5.41) is 8.66. The van der Waals surface area contributed by atoms with Crippen LogP contribution < -0.4 is 0 Å². The highest BCUT2D eigenvalue weighted by Gasteiger charge is 2.39. The third-order valence-electron chi connectivity index (χ3n) is 2.13. The Kier molecular flexibility index (Phi) is 4.65. The summed E-state index contributed by atoms with van der Waals surface area (Å²) in [6, 6.07) is 4.74. The molecular weight excluding hydrogens is 300 g/mol. The predicted octanol–water partition coefficient (Wildman–Crippen LogP) is 0.372. The van der Waals surface area contributed by atoms with Crippen LogP contribution in [-0.2, 0) is 15.7 Å². The molecule has 19 heavy (non-hydrogen) atoms. The Bertz CT molecular complexity index is 537. The number of carboxylic acids is 1. The molecule has 0 aliphatic rings. The van der Waals surface area contributed by atoms with Gasteiger partial charge < -0.3 is 24.7 Å². The van der Waals surface area contributed by atoms with Crippen molar-refractivity contribution < 1.29 is 38.6 Å². The van der Waals surface area contributed by atoms with E-state index in [4.69, 9.17) is 24.7 Å². The monoisotopic (exact) mass is 311 g/mol. The van der Waals surface area contributed by atoms with Crippen LogP contribution >= 0.6 is 15.5 Å². The maximum absolute atomic E-state index is 11.0. The second-order valence-electron chi connectivity index (χ2n) is 3.56. The quantitative estimate of drug-likeness (QED) is 0.485. The van der Waals surface area contributed by atoms with E-state index in [-0.39, 0.29) is 15.6 Å². The van der Waals surface area contributed by atoms with Crippen molar-refractivity contribution in [3.63, 3.8) is 0 Å². The van der Waals surface area contributed by atoms with Crippen molar-refractivity contribution >= 4 is 21.5 Å². The topological polar surface area (TPSA) is 156 Å². The Morgan fingerprint density at radius 2 is 1.42 bits per heavy atom. The summed E-state index contributed by atoms with van der Waals surface area (Å²) in [6.45, 7) is -0.714. The first kappa shape index (κ1) is 16.0. The number of nitrogens with zero attached hydrogens (tertiary/aromatic N) is 1. The van der Waals surface area contributed by atoms with Gasteiger partial charge >= 0.3 is 21.5 Å². The van der Waals surface area contributed by atoms with E-state index in [0.29, 0.717) is 0 Å². The zero-order chi connectivity index (χ0) is 14.8. The molecule has 9 nitrogen and oxygen atoms in total. The van der Waals surface area contributed by atoms with E-state index in [1.54, 1.807) is 0 Å². The van der Waals surface area contributed by atoms with Gasteiger partial charge in [0.1, 0.15) is 0 Å². The maximum atomic E-state index is 11.0. The van der Waals surface area contributed by atoms with Gasteiger partial charge in [0.2, 0.25) is 0 Å². The smallest absolute Gasteiger partial charge is 0.412 e. The van der Waals surface area contributed by atoms with E-state index in [2.05, 4.69) is 0 Å². The standard InChI is InChI=1S/C8H11NO8P2/c10-8(11)7-3-1-6(2-4-7)5-9(18(12,13)14)19(15,16)17/h1-4H,5H2,(H,10,11)(H2,12,13,14)(H2,15,16,17). The lowest BCUT2D eigenvalue weighted by Crippen LogP contribution is -2.16. The van der Waals surface area contributed by atoms with Crippen molar-refractivity contribution in [2.45, 2.75) is 6.54 Å². The fourth-order valence-corrected chi connectivity index (χ4v) is 3.16. The molecule has 0 spiro atoms. The second kappa shape index (κ2) is 5.52. The Labute approximate surface area is 107 Å². The molecule has 0 fully saturated rings. The van der Waals surface area contributed by atoms with Gasteiger partial charge in [0.25, 0.3) is 0 Å². The molecule has 0 unspecified atom stereocenters. The third-order valence-corrected chi connectivity index (χ3v) is 5.01. The summed E-state index contributed by atoms with van der Waals surface area (Å²) in [5.74, 6) is -1.19. The van der Waals surface area contributed by atoms with Crippen molar-refractivity contribution in [2.24, 2.45) is 0 Å². The highest BCUT2D eigenvalue weighted by molar-refractivity contribution is 7.64. The average molecular weight is 311 g/mol. The molecule has 0 radical (unpaired) electrons. The van der Waals surface area contributed by atoms with Gasteiger partial charge in [-0.15, -0.1) is 4.44 Å². The molecule has 11 heteroatoms. The van der Waals surface area contributed by atoms with Gasteiger partial charge in [0.15, 0.2) is 0 Å². The van der Waals surface area contributed by atoms with Crippen LogP contribution in [0.1, 0.15) is 15.9 Å². The minimum atomic E-state index is -5.14. The van der Waals surface area contributed by atoms with Crippen molar-refractivity contribution in [1.29, 1.82) is 0 Å². The fraction of sp³-hybridized carbons (Fsp3) is 0.125. The molecule has 1 aromatic rings. The summed E-state index contributed by atoms with van der Waals surface area (Å²) in [4.78, 5) is 46.1. The van der Waals surface area contributed by atoms with E-state index in [1.165, 1.54) is 12.1 Å². The van der Waals surface area contributed by atoms with Gasteiger partial charge in [0.05, 0.1) is 5.56 Å². The second-order valence-corrected chi connectivity index (χ2v) is 6.89. The summed E-state index contributed by atoms with van der Waals surface area (Å²) in [5.41, 5.74) is 0.0966. The van der Waals surface area contributed by atoms with E-state index in [9.17, 15) is 13.9 Å². The van der Waals surface area contributed by atoms with Crippen LogP contribution in [0.25, 0.3) is 0 Å². The van der Waals surface area contributed by atoms with Crippen LogP contribution in [0.2, 0.25) is 0 Å². The van der Waals surface area contributed by atoms with E-state index in [0.717, 1.165) is 12.1 Å². The zero-order valence-electron chi connectivity index (χ0n) is 9.32. The van der Waals surface area contributed by atoms with Crippen LogP contribution in [0.5, 0.6) is 0 Å². The van der Waals surface area contributed by atoms with E-state index in [1.807, 2.05) is 0 Å². The molecule has 0 saturated heterocycles. The molecule has 0 bridgehead atoms. The van der Waals surface area contributed by atoms with Gasteiger partial charge in [-0.05, 0) is 17.7 Å². The van der Waals surface area contributed by atoms with Crippen LogP contribution in [-0.4, -0.2) is 35.1 Å². The summed E-state index contributed by atoms with van der Waals surface area (Å²) in [6.07, 6.45) is 0. The lowest BCUT2D eigenvalue weighted by atomic mass is 10.1. The minimum Gasteiger partial charge on any atom is -0.478 e. The van der Waals surface area contributed by atoms with Crippen molar-refractivity contribution in [2.75, 3.05) is 0 Å². The van der Waals surface area contributed by atoms with E-state index < -0.39 is 28.0 Å². The lowest BCUT2D eigenvalue weighted by Gasteiger charge is -2.23. The van der Waals surface area contributed by atoms with Crippen LogP contribution in [0.4, 0.5) is 0 Å². The number of hydrogen-bond acceptors (Lipinski definition) is 3. The Hall–Kier alpha value is -1.05. The van der Waals surface area contributed by atoms with Crippen LogP contribution in [0, 0.1) is 0 Å². The molecule has 0 heterocycles. The Morgan fingerprint density at radius 1 is 1.00 bits per heavy atom. The largest absolute Gasteiger partial charge is 0.478 e. The normalized spacial score (nSPS) is 12.7. The molecule has 0 atom stereocenters. The van der Waals surface area contributed by atoms with Crippen LogP contribution in [0.15, 0.2) is 24.3 Å². The zero-order valence-corrected chi connectivity index (χ0v) is 11.1. The van der Waals surface area contributed by atoms with E-state index >= 15 is 0 Å². The van der Waals surface area contributed by atoms with Gasteiger partial charge in [-0.3, -0.25) is 0 Å². The lowest BCUT2D eigenvalue weighted by molar-refractivity contribution is 0.0696. The number of carboxylic acid groups (broad SMARTS) is 1. The highest BCUT2D eigenvalue weighted by Crippen LogP contribution is 2.58. The number of aromatic carboxylic acids is 1. The summed E-state index contributed by atoms with van der Waals surface area (Å²) >= 11 is 0. The predicted molar refractivity (Wildman–Crippen MR) is 63.0 cm³/mol. The number of carbonyl (C=O) groups is 1. The Morgan fingerprint density at radius 3 is 1.74 bits per heavy atom. The third kappa shape index (κ3) is 4.52. The SMILES string of the molecule is O=C(O)c1ccc(CN(P(=O)(O)O)P(=O)(O)O)cc1. The maximum Gasteiger partial charge on any atom is 0.412 e. The molecule has 0 aliphatic carbocycles. The summed E-state index contributed by atoms with van der Waals surface area (Å²) in [7, 11) is -10.3. The molecular formula is C8H11NO8P2. The molecule has 0 aromatic heterocycles. The van der Waals surface area contributed by atoms with Gasteiger partial charge in [-0.2, -0.15) is 0 Å². The number of rotatable bonds is 5. The molecule has 1 aromatic carbocycles. The highest BCUT2D eigenvalue weighted by atomic mass is 31.3. The first-order valence-electron chi connectivity index (χ1n) is 4.73. The molecule has 0 saturated carbocycles. The number of benzene rings is 1. The average Bonchev–Trinajstić information content (AvgIpc) is 2.23. The molecule has 0 aliphatic heterocycles. The van der Waals surface area contributed by atoms with Crippen molar-refractivity contribution in [3.8, 4) is 0 Å². The Balaban J connectivity index is 3.02. The fourth-order valence-electron chi connectivity index (χ4n) is 1.25. The van der Waals surface area contributed by atoms with Gasteiger partial charge in [-0.1, -0.05) is 12.1 Å². The molecule has 0 amide bonds. The van der Waals surface area contributed by atoms with Gasteiger partial charge in [-0.25, -0.2) is 13.9 Å². The minimum absolute atomic E-state index is 0.0531. The molecule has 106 valence electrons. The first-order valence-corrected chi connectivity index (χ1v) is 7.86. The summed E-state index contributed by atoms with van der Waals surface area (Å²) < 4.78 is 21.7. The number of hydrogen-bond donors (Lipinski definition) is 5. The van der Waals surface area contributed by atoms with Crippen molar-refractivity contribution in [1.82, 2.24) is 4.44 Å². The van der Waals surface area contributed by atoms with Gasteiger partial charge in [0, 0.05) is 6.54 Å². The molecule has 5 N–H and O–H groups in total. The first-order chi connectivity index (χ1) is 8.51. The van der Waals surface area contributed by atoms with Crippen molar-refractivity contribution in [3.05, 3.63) is 35.4 Å². The van der Waals surface area contributed by atoms with Crippen LogP contribution in [0.3, 0.4) is 0 Å².